The van der Waals surface area contributed by atoms with Gasteiger partial charge in [0.05, 0.1) is 13.7 Å². The second-order valence-electron chi connectivity index (χ2n) is 9.47. The Hall–Kier alpha value is -2.64. The lowest BCUT2D eigenvalue weighted by molar-refractivity contribution is 0.00545. The zero-order valence-electron chi connectivity index (χ0n) is 20.0. The van der Waals surface area contributed by atoms with Crippen LogP contribution >= 0.6 is 0 Å². The van der Waals surface area contributed by atoms with Gasteiger partial charge in [-0.2, -0.15) is 0 Å². The van der Waals surface area contributed by atoms with Gasteiger partial charge in [-0.15, -0.1) is 0 Å². The second kappa shape index (κ2) is 10.8. The first-order valence-corrected chi connectivity index (χ1v) is 11.5. The second-order valence-corrected chi connectivity index (χ2v) is 9.47. The van der Waals surface area contributed by atoms with Crippen LogP contribution in [0.3, 0.4) is 0 Å². The molecule has 1 aromatic carbocycles. The predicted molar refractivity (Wildman–Crippen MR) is 126 cm³/mol. The SMILES string of the molecule is CN=C(NCCCOc1cccc(OC)c1)NC1CC2CCC(C1)N2C(=O)OC(C)(C)C. The molecule has 1 amide bonds. The molecule has 2 fully saturated rings. The first-order chi connectivity index (χ1) is 15.3. The van der Waals surface area contributed by atoms with Gasteiger partial charge < -0.3 is 29.7 Å². The number of guanidine groups is 1. The Morgan fingerprint density at radius 2 is 1.88 bits per heavy atom. The van der Waals surface area contributed by atoms with Crippen molar-refractivity contribution in [2.45, 2.75) is 76.6 Å². The van der Waals surface area contributed by atoms with E-state index in [1.807, 2.05) is 49.9 Å². The summed E-state index contributed by atoms with van der Waals surface area (Å²) >= 11 is 0. The van der Waals surface area contributed by atoms with Crippen molar-refractivity contribution in [3.63, 3.8) is 0 Å². The van der Waals surface area contributed by atoms with Crippen molar-refractivity contribution in [2.24, 2.45) is 4.99 Å². The number of nitrogens with one attached hydrogen (secondary N) is 2. The summed E-state index contributed by atoms with van der Waals surface area (Å²) in [4.78, 5) is 19.0. The van der Waals surface area contributed by atoms with E-state index in [0.717, 1.165) is 56.1 Å². The summed E-state index contributed by atoms with van der Waals surface area (Å²) in [5.74, 6) is 2.39. The third-order valence-electron chi connectivity index (χ3n) is 5.83. The van der Waals surface area contributed by atoms with Gasteiger partial charge in [0, 0.05) is 37.8 Å². The summed E-state index contributed by atoms with van der Waals surface area (Å²) in [6.45, 7) is 7.11. The van der Waals surface area contributed by atoms with Crippen LogP contribution in [0.5, 0.6) is 11.5 Å². The molecule has 0 aliphatic carbocycles. The highest BCUT2D eigenvalue weighted by molar-refractivity contribution is 5.80. The van der Waals surface area contributed by atoms with Crippen LogP contribution in [0.2, 0.25) is 0 Å². The first-order valence-electron chi connectivity index (χ1n) is 11.5. The zero-order chi connectivity index (χ0) is 23.1. The minimum Gasteiger partial charge on any atom is -0.497 e. The number of nitrogens with zero attached hydrogens (tertiary/aromatic N) is 2. The Bertz CT molecular complexity index is 778. The average molecular weight is 447 g/mol. The number of fused-ring (bicyclic) bond motifs is 2. The molecule has 2 atom stereocenters. The highest BCUT2D eigenvalue weighted by Crippen LogP contribution is 2.36. The Morgan fingerprint density at radius 1 is 1.19 bits per heavy atom. The maximum atomic E-state index is 12.6. The number of carbonyl (C=O) groups is 1. The number of methoxy groups -OCH3 is 1. The Labute approximate surface area is 191 Å². The molecular weight excluding hydrogens is 408 g/mol. The number of amides is 1. The molecule has 1 aromatic rings. The van der Waals surface area contributed by atoms with Crippen LogP contribution in [0, 0.1) is 0 Å². The molecule has 32 heavy (non-hydrogen) atoms. The van der Waals surface area contributed by atoms with E-state index >= 15 is 0 Å². The molecule has 2 aliphatic heterocycles. The maximum absolute atomic E-state index is 12.6. The van der Waals surface area contributed by atoms with Crippen LogP contribution in [0.15, 0.2) is 29.3 Å². The summed E-state index contributed by atoms with van der Waals surface area (Å²) in [7, 11) is 3.43. The minimum absolute atomic E-state index is 0.179. The van der Waals surface area contributed by atoms with Crippen LogP contribution < -0.4 is 20.1 Å². The molecule has 2 bridgehead atoms. The molecule has 3 rings (SSSR count). The molecule has 8 heteroatoms. The van der Waals surface area contributed by atoms with E-state index in [-0.39, 0.29) is 18.2 Å². The molecule has 0 radical (unpaired) electrons. The Morgan fingerprint density at radius 3 is 2.50 bits per heavy atom. The number of hydrogen-bond donors (Lipinski definition) is 2. The minimum atomic E-state index is -0.464. The van der Waals surface area contributed by atoms with Gasteiger partial charge in [-0.25, -0.2) is 4.79 Å². The van der Waals surface area contributed by atoms with Gasteiger partial charge in [0.25, 0.3) is 0 Å². The number of ether oxygens (including phenoxy) is 3. The summed E-state index contributed by atoms with van der Waals surface area (Å²) in [6.07, 6.45) is 4.57. The normalized spacial score (nSPS) is 23.0. The lowest BCUT2D eigenvalue weighted by atomic mass is 9.98. The standard InChI is InChI=1S/C24H38N4O4/c1-24(2,3)32-23(29)28-18-10-11-19(28)15-17(14-18)27-22(25-4)26-12-7-13-31-21-9-6-8-20(16-21)30-5/h6,8-9,16-19H,7,10-15H2,1-5H3,(H2,25,26,27). The largest absolute Gasteiger partial charge is 0.497 e. The molecule has 2 aliphatic rings. The third-order valence-corrected chi connectivity index (χ3v) is 5.83. The summed E-state index contributed by atoms with van der Waals surface area (Å²) in [5.41, 5.74) is -0.464. The smallest absolute Gasteiger partial charge is 0.410 e. The summed E-state index contributed by atoms with van der Waals surface area (Å²) in [5, 5.41) is 6.91. The molecule has 8 nitrogen and oxygen atoms in total. The van der Waals surface area contributed by atoms with Gasteiger partial charge in [0.1, 0.15) is 17.1 Å². The molecule has 178 valence electrons. The van der Waals surface area contributed by atoms with Gasteiger partial charge in [0.2, 0.25) is 0 Å². The summed E-state index contributed by atoms with van der Waals surface area (Å²) in [6, 6.07) is 8.38. The lowest BCUT2D eigenvalue weighted by Crippen LogP contribution is -2.55. The van der Waals surface area contributed by atoms with Gasteiger partial charge in [-0.1, -0.05) is 6.07 Å². The highest BCUT2D eigenvalue weighted by Gasteiger charge is 2.45. The van der Waals surface area contributed by atoms with Gasteiger partial charge in [0.15, 0.2) is 5.96 Å². The molecule has 2 N–H and O–H groups in total. The fourth-order valence-corrected chi connectivity index (χ4v) is 4.46. The predicted octanol–water partition coefficient (Wildman–Crippen LogP) is 3.56. The van der Waals surface area contributed by atoms with E-state index < -0.39 is 5.60 Å². The molecule has 2 unspecified atom stereocenters. The maximum Gasteiger partial charge on any atom is 0.410 e. The zero-order valence-corrected chi connectivity index (χ0v) is 20.0. The molecule has 0 aromatic heterocycles. The fraction of sp³-hybridized carbons (Fsp3) is 0.667. The molecule has 2 saturated heterocycles. The van der Waals surface area contributed by atoms with Crippen molar-refractivity contribution in [2.75, 3.05) is 27.3 Å². The van der Waals surface area contributed by atoms with Crippen molar-refractivity contribution >= 4 is 12.1 Å². The molecule has 0 saturated carbocycles. The van der Waals surface area contributed by atoms with E-state index in [4.69, 9.17) is 14.2 Å². The van der Waals surface area contributed by atoms with Crippen molar-refractivity contribution in [1.29, 1.82) is 0 Å². The quantitative estimate of drug-likeness (QED) is 0.379. The van der Waals surface area contributed by atoms with E-state index in [1.165, 1.54) is 0 Å². The number of carbonyl (C=O) groups excluding carboxylic acids is 1. The van der Waals surface area contributed by atoms with E-state index in [2.05, 4.69) is 15.6 Å². The Balaban J connectivity index is 1.39. The molecular formula is C24H38N4O4. The van der Waals surface area contributed by atoms with Crippen molar-refractivity contribution in [1.82, 2.24) is 15.5 Å². The molecule has 0 spiro atoms. The van der Waals surface area contributed by atoms with Crippen LogP contribution in [0.1, 0.15) is 52.9 Å². The van der Waals surface area contributed by atoms with Crippen LogP contribution in [-0.2, 0) is 4.74 Å². The van der Waals surface area contributed by atoms with E-state index in [0.29, 0.717) is 12.6 Å². The third kappa shape index (κ3) is 6.68. The van der Waals surface area contributed by atoms with Crippen molar-refractivity contribution in [3.05, 3.63) is 24.3 Å². The van der Waals surface area contributed by atoms with Crippen molar-refractivity contribution in [3.8, 4) is 11.5 Å². The number of aliphatic imine (C=N–C) groups is 1. The van der Waals surface area contributed by atoms with E-state index in [1.54, 1.807) is 14.2 Å². The van der Waals surface area contributed by atoms with Gasteiger partial charge >= 0.3 is 6.09 Å². The average Bonchev–Trinajstić information content (AvgIpc) is 3.02. The van der Waals surface area contributed by atoms with Gasteiger partial charge in [-0.3, -0.25) is 4.99 Å². The number of piperidine rings is 1. The van der Waals surface area contributed by atoms with Crippen LogP contribution in [0.25, 0.3) is 0 Å². The number of rotatable bonds is 7. The topological polar surface area (TPSA) is 84.4 Å². The first kappa shape index (κ1) is 24.0. The lowest BCUT2D eigenvalue weighted by Gasteiger charge is -2.40. The highest BCUT2D eigenvalue weighted by atomic mass is 16.6. The van der Waals surface area contributed by atoms with E-state index in [9.17, 15) is 4.79 Å². The Kier molecular flexibility index (Phi) is 8.10. The fourth-order valence-electron chi connectivity index (χ4n) is 4.46. The number of hydrogen-bond acceptors (Lipinski definition) is 5. The van der Waals surface area contributed by atoms with Crippen LogP contribution in [0.4, 0.5) is 4.79 Å². The van der Waals surface area contributed by atoms with Crippen molar-refractivity contribution < 1.29 is 19.0 Å². The number of benzene rings is 1. The van der Waals surface area contributed by atoms with Gasteiger partial charge in [-0.05, 0) is 65.0 Å². The van der Waals surface area contributed by atoms with Crippen LogP contribution in [-0.4, -0.2) is 68.0 Å². The molecule has 2 heterocycles. The summed E-state index contributed by atoms with van der Waals surface area (Å²) < 4.78 is 16.6. The monoisotopic (exact) mass is 446 g/mol.